The number of carbonyl (C=O) groups is 3. The zero-order valence-electron chi connectivity index (χ0n) is 48.0. The van der Waals surface area contributed by atoms with E-state index < -0.39 is 6.10 Å². The lowest BCUT2D eigenvalue weighted by Crippen LogP contribution is -2.30. The number of ether oxygens (including phenoxy) is 3. The number of hydrogen-bond acceptors (Lipinski definition) is 6. The average Bonchev–Trinajstić information content (AvgIpc) is 3.37. The molecule has 0 saturated carbocycles. The lowest BCUT2D eigenvalue weighted by molar-refractivity contribution is -0.167. The molecular formula is C65H122O6. The monoisotopic (exact) mass is 999 g/mol. The molecule has 0 N–H and O–H groups in total. The molecule has 0 spiro atoms. The second-order valence-electron chi connectivity index (χ2n) is 21.7. The molecule has 418 valence electrons. The molecule has 0 saturated heterocycles. The minimum atomic E-state index is -0.763. The van der Waals surface area contributed by atoms with Gasteiger partial charge in [-0.3, -0.25) is 14.4 Å². The van der Waals surface area contributed by atoms with E-state index in [4.69, 9.17) is 14.2 Å². The Labute approximate surface area is 443 Å². The van der Waals surface area contributed by atoms with E-state index in [1.54, 1.807) is 0 Å². The van der Waals surface area contributed by atoms with E-state index in [0.29, 0.717) is 19.3 Å². The molecule has 0 rings (SSSR count). The minimum absolute atomic E-state index is 0.0642. The van der Waals surface area contributed by atoms with Crippen molar-refractivity contribution < 1.29 is 28.6 Å². The van der Waals surface area contributed by atoms with E-state index in [9.17, 15) is 14.4 Å². The Morgan fingerprint density at radius 2 is 0.507 bits per heavy atom. The van der Waals surface area contributed by atoms with Crippen LogP contribution < -0.4 is 0 Å². The van der Waals surface area contributed by atoms with E-state index in [1.807, 2.05) is 0 Å². The highest BCUT2D eigenvalue weighted by Crippen LogP contribution is 2.18. The summed E-state index contributed by atoms with van der Waals surface area (Å²) in [6.45, 7) is 6.66. The van der Waals surface area contributed by atoms with Gasteiger partial charge in [0.25, 0.3) is 0 Å². The van der Waals surface area contributed by atoms with Crippen LogP contribution in [0.15, 0.2) is 24.3 Å². The molecule has 0 aromatic heterocycles. The summed E-state index contributed by atoms with van der Waals surface area (Å²) in [5.74, 6) is -0.843. The second-order valence-corrected chi connectivity index (χ2v) is 21.7. The fraction of sp³-hybridized carbons (Fsp3) is 0.892. The Kier molecular flexibility index (Phi) is 58.6. The Morgan fingerprint density at radius 1 is 0.282 bits per heavy atom. The molecule has 0 amide bonds. The first-order valence-electron chi connectivity index (χ1n) is 31.8. The van der Waals surface area contributed by atoms with Crippen LogP contribution in [0.1, 0.15) is 355 Å². The number of rotatable bonds is 59. The van der Waals surface area contributed by atoms with Crippen LogP contribution in [0.2, 0.25) is 0 Å². The third-order valence-electron chi connectivity index (χ3n) is 14.5. The Bertz CT molecular complexity index is 1150. The number of hydrogen-bond donors (Lipinski definition) is 0. The molecule has 6 nitrogen and oxygen atoms in total. The van der Waals surface area contributed by atoms with Crippen LogP contribution in [0.25, 0.3) is 0 Å². The lowest BCUT2D eigenvalue weighted by Gasteiger charge is -2.18. The van der Waals surface area contributed by atoms with Crippen molar-refractivity contribution in [2.24, 2.45) is 0 Å². The molecule has 0 bridgehead atoms. The van der Waals surface area contributed by atoms with Crippen LogP contribution in [0.4, 0.5) is 0 Å². The Hall–Kier alpha value is -2.11. The average molecular weight is 1000 g/mol. The molecular weight excluding hydrogens is 877 g/mol. The van der Waals surface area contributed by atoms with E-state index in [2.05, 4.69) is 45.1 Å². The van der Waals surface area contributed by atoms with Crippen LogP contribution in [-0.2, 0) is 28.6 Å². The fourth-order valence-corrected chi connectivity index (χ4v) is 9.65. The third kappa shape index (κ3) is 58.7. The predicted molar refractivity (Wildman–Crippen MR) is 307 cm³/mol. The lowest BCUT2D eigenvalue weighted by atomic mass is 10.0. The molecule has 0 aliphatic rings. The highest BCUT2D eigenvalue weighted by molar-refractivity contribution is 5.71. The van der Waals surface area contributed by atoms with Gasteiger partial charge in [-0.25, -0.2) is 0 Å². The molecule has 6 heteroatoms. The van der Waals surface area contributed by atoms with E-state index in [1.165, 1.54) is 250 Å². The van der Waals surface area contributed by atoms with Gasteiger partial charge < -0.3 is 14.2 Å². The first kappa shape index (κ1) is 68.9. The summed E-state index contributed by atoms with van der Waals surface area (Å²) in [5, 5.41) is 0. The summed E-state index contributed by atoms with van der Waals surface area (Å²) >= 11 is 0. The van der Waals surface area contributed by atoms with Crippen molar-refractivity contribution in [1.82, 2.24) is 0 Å². The van der Waals surface area contributed by atoms with Gasteiger partial charge >= 0.3 is 17.9 Å². The van der Waals surface area contributed by atoms with Gasteiger partial charge in [-0.1, -0.05) is 308 Å². The van der Waals surface area contributed by atoms with Crippen LogP contribution in [0.3, 0.4) is 0 Å². The molecule has 0 radical (unpaired) electrons. The molecule has 0 aliphatic carbocycles. The second kappa shape index (κ2) is 60.4. The zero-order valence-corrected chi connectivity index (χ0v) is 48.0. The van der Waals surface area contributed by atoms with Crippen molar-refractivity contribution in [1.29, 1.82) is 0 Å². The summed E-state index contributed by atoms with van der Waals surface area (Å²) in [4.78, 5) is 38.0. The van der Waals surface area contributed by atoms with Crippen LogP contribution in [0.5, 0.6) is 0 Å². The van der Waals surface area contributed by atoms with Gasteiger partial charge in [-0.05, 0) is 51.4 Å². The Balaban J connectivity index is 4.00. The minimum Gasteiger partial charge on any atom is -0.462 e. The van der Waals surface area contributed by atoms with Gasteiger partial charge in [0.2, 0.25) is 0 Å². The van der Waals surface area contributed by atoms with Gasteiger partial charge in [0.1, 0.15) is 13.2 Å². The first-order valence-corrected chi connectivity index (χ1v) is 31.8. The number of carbonyl (C=O) groups excluding carboxylic acids is 3. The molecule has 1 unspecified atom stereocenters. The molecule has 0 fully saturated rings. The highest BCUT2D eigenvalue weighted by atomic mass is 16.6. The normalized spacial score (nSPS) is 12.1. The molecule has 0 aliphatic heterocycles. The quantitative estimate of drug-likeness (QED) is 0.0261. The number of esters is 3. The summed E-state index contributed by atoms with van der Waals surface area (Å²) in [7, 11) is 0. The number of allylic oxidation sites excluding steroid dienone is 4. The maximum Gasteiger partial charge on any atom is 0.306 e. The smallest absolute Gasteiger partial charge is 0.306 e. The maximum atomic E-state index is 12.8. The number of unbranched alkanes of at least 4 members (excludes halogenated alkanes) is 44. The topological polar surface area (TPSA) is 78.9 Å². The standard InChI is InChI=1S/C65H122O6/c1-4-7-10-13-16-19-21-23-24-25-26-27-28-29-30-31-32-33-34-35-36-37-38-39-40-42-43-46-49-52-55-58-64(67)70-61-62(60-69-63(66)57-54-51-48-45-18-15-12-9-6-3)71-65(68)59-56-53-50-47-44-41-22-20-17-14-11-8-5-2/h21,23,25-26,62H,4-20,22,24,27-61H2,1-3H3/b23-21-,26-25-. The van der Waals surface area contributed by atoms with Crippen molar-refractivity contribution >= 4 is 17.9 Å². The van der Waals surface area contributed by atoms with Crippen LogP contribution in [0, 0.1) is 0 Å². The first-order chi connectivity index (χ1) is 35.0. The van der Waals surface area contributed by atoms with Crippen molar-refractivity contribution in [3.8, 4) is 0 Å². The molecule has 0 aromatic rings. The van der Waals surface area contributed by atoms with E-state index >= 15 is 0 Å². The molecule has 1 atom stereocenters. The van der Waals surface area contributed by atoms with Gasteiger partial charge in [0.15, 0.2) is 6.10 Å². The largest absolute Gasteiger partial charge is 0.462 e. The van der Waals surface area contributed by atoms with Crippen molar-refractivity contribution in [2.45, 2.75) is 361 Å². The van der Waals surface area contributed by atoms with Crippen molar-refractivity contribution in [3.05, 3.63) is 24.3 Å². The van der Waals surface area contributed by atoms with Crippen molar-refractivity contribution in [2.75, 3.05) is 13.2 Å². The van der Waals surface area contributed by atoms with Gasteiger partial charge in [-0.2, -0.15) is 0 Å². The molecule has 71 heavy (non-hydrogen) atoms. The van der Waals surface area contributed by atoms with Gasteiger partial charge in [0.05, 0.1) is 0 Å². The SMILES string of the molecule is CCCCCCC/C=C\C/C=C\CCCCCCCCCCCCCCCCCCCCCC(=O)OCC(COC(=O)CCCCCCCCCCC)OC(=O)CCCCCCCCCCCCCCC. The van der Waals surface area contributed by atoms with Crippen LogP contribution in [-0.4, -0.2) is 37.2 Å². The summed E-state index contributed by atoms with van der Waals surface area (Å²) < 4.78 is 16.9. The van der Waals surface area contributed by atoms with Gasteiger partial charge in [0, 0.05) is 19.3 Å². The third-order valence-corrected chi connectivity index (χ3v) is 14.5. The Morgan fingerprint density at radius 3 is 0.775 bits per heavy atom. The van der Waals surface area contributed by atoms with E-state index in [-0.39, 0.29) is 31.1 Å². The maximum absolute atomic E-state index is 12.8. The predicted octanol–water partition coefficient (Wildman–Crippen LogP) is 21.4. The van der Waals surface area contributed by atoms with E-state index in [0.717, 1.165) is 64.2 Å². The highest BCUT2D eigenvalue weighted by Gasteiger charge is 2.19. The van der Waals surface area contributed by atoms with Crippen LogP contribution >= 0.6 is 0 Å². The summed E-state index contributed by atoms with van der Waals surface area (Å²) in [6, 6.07) is 0. The zero-order chi connectivity index (χ0) is 51.4. The van der Waals surface area contributed by atoms with Gasteiger partial charge in [-0.15, -0.1) is 0 Å². The molecule has 0 aromatic carbocycles. The fourth-order valence-electron chi connectivity index (χ4n) is 9.65. The van der Waals surface area contributed by atoms with Crippen molar-refractivity contribution in [3.63, 3.8) is 0 Å². The summed E-state index contributed by atoms with van der Waals surface area (Å²) in [5.41, 5.74) is 0. The molecule has 0 heterocycles. The summed E-state index contributed by atoms with van der Waals surface area (Å²) in [6.07, 6.45) is 72.1.